The minimum atomic E-state index is -0.455. The summed E-state index contributed by atoms with van der Waals surface area (Å²) in [6.07, 6.45) is 4.36. The molecule has 2 amide bonds. The average Bonchev–Trinajstić information content (AvgIpc) is 3.54. The summed E-state index contributed by atoms with van der Waals surface area (Å²) in [5, 5.41) is 6.26. The molecule has 2 aromatic rings. The summed E-state index contributed by atoms with van der Waals surface area (Å²) >= 11 is 7.36. The number of hydrogen-bond acceptors (Lipinski definition) is 7. The lowest BCUT2D eigenvalue weighted by molar-refractivity contribution is -0.147. The first-order valence-electron chi connectivity index (χ1n) is 11.4. The fraction of sp³-hybridized carbons (Fsp3) is 0.400. The molecule has 1 unspecified atom stereocenters. The minimum Gasteiger partial charge on any atom is -0.469 e. The second-order valence-electron chi connectivity index (χ2n) is 8.52. The second-order valence-corrected chi connectivity index (χ2v) is 10.2. The molecule has 0 bridgehead atoms. The first-order valence-corrected chi connectivity index (χ1v) is 12.6. The van der Waals surface area contributed by atoms with Crippen LogP contribution in [0.4, 0.5) is 5.00 Å². The number of halogens is 1. The highest BCUT2D eigenvalue weighted by Crippen LogP contribution is 2.35. The van der Waals surface area contributed by atoms with Gasteiger partial charge in [0.15, 0.2) is 5.76 Å². The Balaban J connectivity index is 1.43. The molecule has 1 saturated carbocycles. The van der Waals surface area contributed by atoms with Gasteiger partial charge in [-0.15, -0.1) is 11.3 Å². The first kappa shape index (κ1) is 25.1. The number of amides is 2. The van der Waals surface area contributed by atoms with Crippen LogP contribution < -0.4 is 10.6 Å². The highest BCUT2D eigenvalue weighted by atomic mass is 35.5. The number of hydrogen-bond donors (Lipinski definition) is 2. The summed E-state index contributed by atoms with van der Waals surface area (Å²) in [5.41, 5.74) is 1.31. The predicted octanol–water partition coefficient (Wildman–Crippen LogP) is 4.51. The molecule has 1 aromatic carbocycles. The summed E-state index contributed by atoms with van der Waals surface area (Å²) in [4.78, 5) is 37.9. The SMILES string of the molecule is COC(=O)C1CCC(C(=O)Nc2sc(Cl)cc2C(=O)NC(Cc2ccccc2)C2=COCO2)CC1. The molecule has 4 rings (SSSR count). The van der Waals surface area contributed by atoms with Gasteiger partial charge in [0.1, 0.15) is 11.3 Å². The molecule has 186 valence electrons. The van der Waals surface area contributed by atoms with Gasteiger partial charge in [-0.25, -0.2) is 0 Å². The molecule has 1 aromatic heterocycles. The summed E-state index contributed by atoms with van der Waals surface area (Å²) < 4.78 is 15.9. The van der Waals surface area contributed by atoms with Gasteiger partial charge in [-0.1, -0.05) is 41.9 Å². The zero-order valence-electron chi connectivity index (χ0n) is 19.3. The number of carbonyl (C=O) groups is 3. The van der Waals surface area contributed by atoms with Crippen molar-refractivity contribution in [2.45, 2.75) is 38.1 Å². The van der Waals surface area contributed by atoms with Crippen LogP contribution in [-0.4, -0.2) is 37.7 Å². The molecule has 1 fully saturated rings. The molecule has 0 spiro atoms. The third kappa shape index (κ3) is 6.35. The molecule has 10 heteroatoms. The monoisotopic (exact) mass is 518 g/mol. The van der Waals surface area contributed by atoms with Crippen LogP contribution >= 0.6 is 22.9 Å². The Labute approximate surface area is 212 Å². The summed E-state index contributed by atoms with van der Waals surface area (Å²) in [7, 11) is 1.38. The molecule has 2 heterocycles. The van der Waals surface area contributed by atoms with Gasteiger partial charge in [0.05, 0.1) is 29.0 Å². The maximum absolute atomic E-state index is 13.3. The van der Waals surface area contributed by atoms with Gasteiger partial charge in [0, 0.05) is 12.3 Å². The van der Waals surface area contributed by atoms with Gasteiger partial charge in [0.2, 0.25) is 12.7 Å². The van der Waals surface area contributed by atoms with E-state index in [9.17, 15) is 14.4 Å². The molecule has 0 radical (unpaired) electrons. The summed E-state index contributed by atoms with van der Waals surface area (Å²) in [6, 6.07) is 10.8. The highest BCUT2D eigenvalue weighted by Gasteiger charge is 2.32. The number of ether oxygens (including phenoxy) is 3. The standard InChI is InChI=1S/C25H27ClN2O6S/c1-32-25(31)17-9-7-16(8-10-17)22(29)28-24-18(12-21(26)35-24)23(30)27-19(20-13-33-14-34-20)11-15-5-3-2-4-6-15/h2-6,12-13,16-17,19H,7-11,14H2,1H3,(H,27,30)(H,28,29). The Hall–Kier alpha value is -3.04. The number of esters is 1. The van der Waals surface area contributed by atoms with E-state index >= 15 is 0 Å². The number of benzene rings is 1. The fourth-order valence-electron chi connectivity index (χ4n) is 4.34. The van der Waals surface area contributed by atoms with Gasteiger partial charge in [-0.05, 0) is 37.3 Å². The second kappa shape index (κ2) is 11.6. The van der Waals surface area contributed by atoms with Crippen LogP contribution in [-0.2, 0) is 30.2 Å². The molecular formula is C25H27ClN2O6S. The number of carbonyl (C=O) groups excluding carboxylic acids is 3. The lowest BCUT2D eigenvalue weighted by atomic mass is 9.81. The van der Waals surface area contributed by atoms with E-state index in [2.05, 4.69) is 10.6 Å². The van der Waals surface area contributed by atoms with Crippen LogP contribution in [0, 0.1) is 11.8 Å². The van der Waals surface area contributed by atoms with Crippen molar-refractivity contribution >= 4 is 45.7 Å². The number of methoxy groups -OCH3 is 1. The Morgan fingerprint density at radius 3 is 2.51 bits per heavy atom. The lowest BCUT2D eigenvalue weighted by Crippen LogP contribution is -2.38. The smallest absolute Gasteiger partial charge is 0.308 e. The van der Waals surface area contributed by atoms with Gasteiger partial charge < -0.3 is 24.8 Å². The van der Waals surface area contributed by atoms with Crippen molar-refractivity contribution in [2.75, 3.05) is 19.2 Å². The van der Waals surface area contributed by atoms with Crippen LogP contribution in [0.2, 0.25) is 4.34 Å². The van der Waals surface area contributed by atoms with E-state index in [0.717, 1.165) is 16.9 Å². The van der Waals surface area contributed by atoms with Crippen molar-refractivity contribution in [3.63, 3.8) is 0 Å². The number of nitrogens with one attached hydrogen (secondary N) is 2. The summed E-state index contributed by atoms with van der Waals surface area (Å²) in [6.45, 7) is 0.0975. The normalized spacial score (nSPS) is 20.1. The zero-order valence-corrected chi connectivity index (χ0v) is 20.8. The van der Waals surface area contributed by atoms with Crippen LogP contribution in [0.1, 0.15) is 41.6 Å². The van der Waals surface area contributed by atoms with E-state index in [-0.39, 0.29) is 42.0 Å². The lowest BCUT2D eigenvalue weighted by Gasteiger charge is -2.26. The highest BCUT2D eigenvalue weighted by molar-refractivity contribution is 7.20. The maximum atomic E-state index is 13.3. The van der Waals surface area contributed by atoms with Crippen molar-refractivity contribution in [3.8, 4) is 0 Å². The Bertz CT molecular complexity index is 1090. The Kier molecular flexibility index (Phi) is 8.30. The van der Waals surface area contributed by atoms with Crippen LogP contribution in [0.3, 0.4) is 0 Å². The summed E-state index contributed by atoms with van der Waals surface area (Å²) in [5.74, 6) is -0.680. The molecular weight excluding hydrogens is 492 g/mol. The van der Waals surface area contributed by atoms with Crippen LogP contribution in [0.5, 0.6) is 0 Å². The average molecular weight is 519 g/mol. The largest absolute Gasteiger partial charge is 0.469 e. The van der Waals surface area contributed by atoms with E-state index < -0.39 is 6.04 Å². The van der Waals surface area contributed by atoms with Crippen molar-refractivity contribution in [3.05, 3.63) is 63.9 Å². The van der Waals surface area contributed by atoms with Crippen molar-refractivity contribution in [1.29, 1.82) is 0 Å². The third-order valence-electron chi connectivity index (χ3n) is 6.24. The van der Waals surface area contributed by atoms with Crippen molar-refractivity contribution in [1.82, 2.24) is 5.32 Å². The maximum Gasteiger partial charge on any atom is 0.308 e. The first-order chi connectivity index (χ1) is 16.9. The Morgan fingerprint density at radius 1 is 1.14 bits per heavy atom. The molecule has 2 aliphatic rings. The quantitative estimate of drug-likeness (QED) is 0.498. The van der Waals surface area contributed by atoms with Gasteiger partial charge in [0.25, 0.3) is 5.91 Å². The van der Waals surface area contributed by atoms with Gasteiger partial charge in [-0.3, -0.25) is 14.4 Å². The molecule has 1 aliphatic heterocycles. The molecule has 0 saturated heterocycles. The van der Waals surface area contributed by atoms with Crippen LogP contribution in [0.15, 0.2) is 48.4 Å². The number of anilines is 1. The molecule has 1 aliphatic carbocycles. The number of thiophene rings is 1. The van der Waals surface area contributed by atoms with Crippen molar-refractivity contribution < 1.29 is 28.6 Å². The van der Waals surface area contributed by atoms with E-state index in [4.69, 9.17) is 25.8 Å². The molecule has 2 N–H and O–H groups in total. The Morgan fingerprint density at radius 2 is 1.86 bits per heavy atom. The van der Waals surface area contributed by atoms with E-state index in [1.165, 1.54) is 13.4 Å². The van der Waals surface area contributed by atoms with Gasteiger partial charge in [-0.2, -0.15) is 0 Å². The topological polar surface area (TPSA) is 103 Å². The van der Waals surface area contributed by atoms with E-state index in [1.54, 1.807) is 6.07 Å². The van der Waals surface area contributed by atoms with E-state index in [0.29, 0.717) is 47.2 Å². The fourth-order valence-corrected chi connectivity index (χ4v) is 5.46. The molecule has 8 nitrogen and oxygen atoms in total. The molecule has 35 heavy (non-hydrogen) atoms. The number of rotatable bonds is 8. The zero-order chi connectivity index (χ0) is 24.8. The van der Waals surface area contributed by atoms with Crippen LogP contribution in [0.25, 0.3) is 0 Å². The minimum absolute atomic E-state index is 0.0975. The molecule has 1 atom stereocenters. The van der Waals surface area contributed by atoms with Crippen molar-refractivity contribution in [2.24, 2.45) is 11.8 Å². The van der Waals surface area contributed by atoms with E-state index in [1.807, 2.05) is 30.3 Å². The third-order valence-corrected chi connectivity index (χ3v) is 7.42. The van der Waals surface area contributed by atoms with Gasteiger partial charge >= 0.3 is 5.97 Å². The predicted molar refractivity (Wildman–Crippen MR) is 132 cm³/mol.